The lowest BCUT2D eigenvalue weighted by Gasteiger charge is -2.18. The van der Waals surface area contributed by atoms with Gasteiger partial charge in [0.2, 0.25) is 0 Å². The maximum Gasteiger partial charge on any atom is 0.275 e. The monoisotopic (exact) mass is 340 g/mol. The largest absolute Gasteiger partial charge is 0.372 e. The van der Waals surface area contributed by atoms with Gasteiger partial charge in [-0.05, 0) is 18.4 Å². The SMILES string of the molecule is CNc1nc(-c2cccs2)nc(NN2C(=O)C=C(C)C2=O)c1C#N. The van der Waals surface area contributed by atoms with Crippen LogP contribution in [0.1, 0.15) is 12.5 Å². The number of nitriles is 1. The van der Waals surface area contributed by atoms with E-state index >= 15 is 0 Å². The molecule has 2 amide bonds. The first-order valence-corrected chi connectivity index (χ1v) is 7.80. The summed E-state index contributed by atoms with van der Waals surface area (Å²) in [6.45, 7) is 1.54. The number of nitrogens with zero attached hydrogens (tertiary/aromatic N) is 4. The third-order valence-electron chi connectivity index (χ3n) is 3.32. The fourth-order valence-corrected chi connectivity index (χ4v) is 2.80. The molecule has 9 heteroatoms. The van der Waals surface area contributed by atoms with Crippen molar-refractivity contribution >= 4 is 34.8 Å². The van der Waals surface area contributed by atoms with Crippen molar-refractivity contribution in [2.75, 3.05) is 17.8 Å². The minimum atomic E-state index is -0.510. The first kappa shape index (κ1) is 15.6. The average Bonchev–Trinajstić information content (AvgIpc) is 3.19. The fourth-order valence-electron chi connectivity index (χ4n) is 2.14. The molecular weight excluding hydrogens is 328 g/mol. The normalized spacial score (nSPS) is 13.7. The van der Waals surface area contributed by atoms with Gasteiger partial charge in [0.25, 0.3) is 11.8 Å². The molecule has 8 nitrogen and oxygen atoms in total. The highest BCUT2D eigenvalue weighted by Crippen LogP contribution is 2.28. The minimum absolute atomic E-state index is 0.0880. The van der Waals surface area contributed by atoms with Crippen LogP contribution in [0.3, 0.4) is 0 Å². The van der Waals surface area contributed by atoms with Crippen LogP contribution in [-0.2, 0) is 9.59 Å². The Morgan fingerprint density at radius 3 is 2.58 bits per heavy atom. The van der Waals surface area contributed by atoms with Crippen molar-refractivity contribution in [3.8, 4) is 16.8 Å². The third kappa shape index (κ3) is 2.59. The smallest absolute Gasteiger partial charge is 0.275 e. The number of imide groups is 1. The Bertz CT molecular complexity index is 897. The fraction of sp³-hybridized carbons (Fsp3) is 0.133. The van der Waals surface area contributed by atoms with Gasteiger partial charge in [0.05, 0.1) is 4.88 Å². The van der Waals surface area contributed by atoms with Crippen LogP contribution in [0, 0.1) is 11.3 Å². The Morgan fingerprint density at radius 2 is 2.04 bits per heavy atom. The Hall–Kier alpha value is -3.25. The molecule has 0 unspecified atom stereocenters. The molecule has 2 aromatic rings. The lowest BCUT2D eigenvalue weighted by atomic mass is 10.3. The molecule has 1 aliphatic heterocycles. The second-order valence-corrected chi connectivity index (χ2v) is 5.82. The number of carbonyl (C=O) groups is 2. The number of amides is 2. The maximum absolute atomic E-state index is 12.0. The summed E-state index contributed by atoms with van der Waals surface area (Å²) in [5.41, 5.74) is 3.07. The molecule has 0 radical (unpaired) electrons. The Labute approximate surface area is 141 Å². The first-order valence-electron chi connectivity index (χ1n) is 6.92. The van der Waals surface area contributed by atoms with Crippen molar-refractivity contribution in [1.82, 2.24) is 15.0 Å². The summed E-state index contributed by atoms with van der Waals surface area (Å²) in [5.74, 6) is -0.207. The van der Waals surface area contributed by atoms with E-state index in [0.717, 1.165) is 9.89 Å². The Kier molecular flexibility index (Phi) is 3.97. The van der Waals surface area contributed by atoms with Gasteiger partial charge in [-0.15, -0.1) is 11.3 Å². The van der Waals surface area contributed by atoms with Crippen LogP contribution in [-0.4, -0.2) is 33.8 Å². The molecule has 0 spiro atoms. The number of rotatable bonds is 4. The van der Waals surface area contributed by atoms with Crippen molar-refractivity contribution in [3.63, 3.8) is 0 Å². The molecule has 0 aliphatic carbocycles. The number of hydrazine groups is 1. The molecule has 0 saturated heterocycles. The van der Waals surface area contributed by atoms with Crippen LogP contribution in [0.4, 0.5) is 11.6 Å². The van der Waals surface area contributed by atoms with Crippen molar-refractivity contribution in [1.29, 1.82) is 5.26 Å². The van der Waals surface area contributed by atoms with Gasteiger partial charge in [-0.2, -0.15) is 10.3 Å². The number of hydrogen-bond donors (Lipinski definition) is 2. The van der Waals surface area contributed by atoms with Gasteiger partial charge in [-0.25, -0.2) is 9.97 Å². The van der Waals surface area contributed by atoms with Gasteiger partial charge in [0, 0.05) is 18.7 Å². The van der Waals surface area contributed by atoms with E-state index in [1.165, 1.54) is 17.4 Å². The predicted molar refractivity (Wildman–Crippen MR) is 88.8 cm³/mol. The average molecular weight is 340 g/mol. The van der Waals surface area contributed by atoms with E-state index in [4.69, 9.17) is 0 Å². The summed E-state index contributed by atoms with van der Waals surface area (Å²) in [4.78, 5) is 33.3. The van der Waals surface area contributed by atoms with Gasteiger partial charge in [0.15, 0.2) is 11.6 Å². The zero-order valence-electron chi connectivity index (χ0n) is 12.8. The lowest BCUT2D eigenvalue weighted by Crippen LogP contribution is -2.37. The van der Waals surface area contributed by atoms with E-state index in [-0.39, 0.29) is 11.4 Å². The van der Waals surface area contributed by atoms with Crippen molar-refractivity contribution in [3.05, 3.63) is 34.7 Å². The third-order valence-corrected chi connectivity index (χ3v) is 4.18. The van der Waals surface area contributed by atoms with Gasteiger partial charge in [-0.1, -0.05) is 6.07 Å². The number of thiophene rings is 1. The van der Waals surface area contributed by atoms with Gasteiger partial charge in [-0.3, -0.25) is 15.0 Å². The summed E-state index contributed by atoms with van der Waals surface area (Å²) in [7, 11) is 1.63. The second-order valence-electron chi connectivity index (χ2n) is 4.88. The quantitative estimate of drug-likeness (QED) is 0.816. The number of carbonyl (C=O) groups excluding carboxylic acids is 2. The highest BCUT2D eigenvalue weighted by Gasteiger charge is 2.30. The van der Waals surface area contributed by atoms with Crippen molar-refractivity contribution < 1.29 is 9.59 Å². The summed E-state index contributed by atoms with van der Waals surface area (Å²) < 4.78 is 0. The van der Waals surface area contributed by atoms with Gasteiger partial charge in [0.1, 0.15) is 17.5 Å². The van der Waals surface area contributed by atoms with E-state index in [1.807, 2.05) is 23.6 Å². The highest BCUT2D eigenvalue weighted by atomic mass is 32.1. The van der Waals surface area contributed by atoms with Crippen LogP contribution in [0.5, 0.6) is 0 Å². The molecule has 2 N–H and O–H groups in total. The van der Waals surface area contributed by atoms with Crippen LogP contribution in [0.25, 0.3) is 10.7 Å². The maximum atomic E-state index is 12.0. The van der Waals surface area contributed by atoms with Crippen LogP contribution in [0.15, 0.2) is 29.2 Å². The standard InChI is InChI=1S/C15H12N6O2S/c1-8-6-11(22)21(15(8)23)20-13-9(7-16)12(17-2)18-14(19-13)10-4-3-5-24-10/h3-6H,1-2H3,(H2,17,18,19,20). The van der Waals surface area contributed by atoms with E-state index in [0.29, 0.717) is 17.2 Å². The molecule has 1 aliphatic rings. The van der Waals surface area contributed by atoms with E-state index in [9.17, 15) is 14.9 Å². The van der Waals surface area contributed by atoms with Gasteiger partial charge >= 0.3 is 0 Å². The molecule has 0 saturated carbocycles. The molecule has 3 heterocycles. The Morgan fingerprint density at radius 1 is 1.29 bits per heavy atom. The summed E-state index contributed by atoms with van der Waals surface area (Å²) in [6, 6.07) is 5.69. The molecule has 0 atom stereocenters. The molecule has 3 rings (SSSR count). The minimum Gasteiger partial charge on any atom is -0.372 e. The zero-order valence-corrected chi connectivity index (χ0v) is 13.6. The number of aromatic nitrogens is 2. The topological polar surface area (TPSA) is 111 Å². The summed E-state index contributed by atoms with van der Waals surface area (Å²) in [5, 5.41) is 14.9. The van der Waals surface area contributed by atoms with Gasteiger partial charge < -0.3 is 5.32 Å². The lowest BCUT2D eigenvalue weighted by molar-refractivity contribution is -0.135. The summed E-state index contributed by atoms with van der Waals surface area (Å²) in [6.07, 6.45) is 1.22. The van der Waals surface area contributed by atoms with Crippen LogP contribution < -0.4 is 10.7 Å². The number of hydrogen-bond acceptors (Lipinski definition) is 8. The predicted octanol–water partition coefficient (Wildman–Crippen LogP) is 1.76. The zero-order chi connectivity index (χ0) is 17.3. The molecule has 0 fully saturated rings. The first-order chi connectivity index (χ1) is 11.5. The molecular formula is C15H12N6O2S. The van der Waals surface area contributed by atoms with E-state index in [1.54, 1.807) is 14.0 Å². The number of nitrogens with one attached hydrogen (secondary N) is 2. The van der Waals surface area contributed by atoms with E-state index < -0.39 is 11.8 Å². The van der Waals surface area contributed by atoms with Crippen molar-refractivity contribution in [2.24, 2.45) is 0 Å². The Balaban J connectivity index is 2.06. The van der Waals surface area contributed by atoms with Crippen LogP contribution in [0.2, 0.25) is 0 Å². The van der Waals surface area contributed by atoms with E-state index in [2.05, 4.69) is 20.7 Å². The molecule has 0 aromatic carbocycles. The van der Waals surface area contributed by atoms with Crippen molar-refractivity contribution in [2.45, 2.75) is 6.92 Å². The second kappa shape index (κ2) is 6.10. The molecule has 120 valence electrons. The molecule has 24 heavy (non-hydrogen) atoms. The molecule has 2 aromatic heterocycles. The van der Waals surface area contributed by atoms with Crippen LogP contribution >= 0.6 is 11.3 Å². The summed E-state index contributed by atoms with van der Waals surface area (Å²) >= 11 is 1.44. The highest BCUT2D eigenvalue weighted by molar-refractivity contribution is 7.13. The molecule has 0 bridgehead atoms. The number of anilines is 2.